The van der Waals surface area contributed by atoms with Crippen LogP contribution in [0.2, 0.25) is 0 Å². The number of fused-ring (bicyclic) bond motifs is 6. The van der Waals surface area contributed by atoms with Gasteiger partial charge in [-0.25, -0.2) is 0 Å². The molecule has 302 valence electrons. The van der Waals surface area contributed by atoms with Crippen molar-refractivity contribution in [1.82, 2.24) is 9.13 Å². The predicted octanol–water partition coefficient (Wildman–Crippen LogP) is 15.4. The van der Waals surface area contributed by atoms with Gasteiger partial charge in [0, 0.05) is 32.7 Å². The molecule has 10 aromatic rings. The molecule has 0 aliphatic carbocycles. The molecule has 0 aliphatic heterocycles. The number of halogens is 6. The van der Waals surface area contributed by atoms with E-state index in [9.17, 15) is 5.26 Å². The number of nitrogens with zero attached hydrogens (tertiary/aromatic N) is 3. The first-order chi connectivity index (χ1) is 29.8. The Hall–Kier alpha value is -7.57. The zero-order valence-corrected chi connectivity index (χ0v) is 33.2. The first kappa shape index (κ1) is 38.6. The Labute approximate surface area is 351 Å². The fourth-order valence-corrected chi connectivity index (χ4v) is 9.05. The highest BCUT2D eigenvalue weighted by Crippen LogP contribution is 2.51. The van der Waals surface area contributed by atoms with E-state index in [1.54, 1.807) is 33.4 Å². The molecule has 8 aromatic carbocycles. The van der Waals surface area contributed by atoms with Crippen molar-refractivity contribution in [2.24, 2.45) is 0 Å². The smallest absolute Gasteiger partial charge is 0.308 e. The summed E-state index contributed by atoms with van der Waals surface area (Å²) in [5.41, 5.74) is 3.23. The predicted molar refractivity (Wildman–Crippen MR) is 236 cm³/mol. The molecule has 0 radical (unpaired) electrons. The van der Waals surface area contributed by atoms with E-state index in [0.717, 1.165) is 61.0 Å². The summed E-state index contributed by atoms with van der Waals surface area (Å²) in [4.78, 5) is 0. The Kier molecular flexibility index (Phi) is 8.89. The number of hydrogen-bond donors (Lipinski definition) is 0. The van der Waals surface area contributed by atoms with Gasteiger partial charge in [-0.1, -0.05) is 126 Å². The van der Waals surface area contributed by atoms with Gasteiger partial charge in [0.1, 0.15) is 0 Å². The molecular formula is C53H33F6N3. The Balaban J connectivity index is 1.44. The lowest BCUT2D eigenvalue weighted by molar-refractivity contribution is -0.142. The maximum atomic E-state index is 15.5. The summed E-state index contributed by atoms with van der Waals surface area (Å²) in [5, 5.41) is 13.7. The molecule has 0 saturated heterocycles. The maximum Gasteiger partial charge on any atom is 0.417 e. The van der Waals surface area contributed by atoms with Crippen LogP contribution < -0.4 is 0 Å². The Bertz CT molecular complexity index is 3270. The fourth-order valence-electron chi connectivity index (χ4n) is 9.05. The summed E-state index contributed by atoms with van der Waals surface area (Å²) in [6, 6.07) is 49.0. The monoisotopic (exact) mass is 825 g/mol. The fraction of sp³-hybridized carbons (Fsp3) is 0.0755. The van der Waals surface area contributed by atoms with Gasteiger partial charge >= 0.3 is 12.4 Å². The van der Waals surface area contributed by atoms with E-state index >= 15 is 26.3 Å². The van der Waals surface area contributed by atoms with Gasteiger partial charge in [-0.15, -0.1) is 0 Å². The highest BCUT2D eigenvalue weighted by Gasteiger charge is 2.43. The molecule has 0 unspecified atom stereocenters. The summed E-state index contributed by atoms with van der Waals surface area (Å²) in [7, 11) is 0. The van der Waals surface area contributed by atoms with Crippen molar-refractivity contribution in [2.75, 3.05) is 0 Å². The standard InChI is InChI=1S/C53H33F6N3/c1-31-10-7-12-34(24-31)36-20-22-40-38-14-3-5-18-44(38)61(46(40)28-36)48-26-33(30-60)27-49(51(48)50-42(52(54,55)56)16-9-17-43(50)53(57,58)59)62-45-19-6-4-15-39(45)41-23-21-37(29-47(41)62)35-13-8-11-32(2)25-35/h3-29H,1-2H3. The van der Waals surface area contributed by atoms with E-state index in [-0.39, 0.29) is 22.5 Å². The van der Waals surface area contributed by atoms with Crippen LogP contribution in [0.3, 0.4) is 0 Å². The molecule has 0 atom stereocenters. The second-order valence-corrected chi connectivity index (χ2v) is 15.6. The van der Waals surface area contributed by atoms with Crippen molar-refractivity contribution < 1.29 is 26.3 Å². The highest BCUT2D eigenvalue weighted by atomic mass is 19.4. The molecule has 0 aliphatic rings. The van der Waals surface area contributed by atoms with Gasteiger partial charge in [-0.2, -0.15) is 31.6 Å². The average Bonchev–Trinajstić information content (AvgIpc) is 3.77. The normalized spacial score (nSPS) is 12.2. The Morgan fingerprint density at radius 2 is 0.806 bits per heavy atom. The lowest BCUT2D eigenvalue weighted by Gasteiger charge is -2.25. The zero-order chi connectivity index (χ0) is 43.1. The van der Waals surface area contributed by atoms with Crippen molar-refractivity contribution in [1.29, 1.82) is 5.26 Å². The van der Waals surface area contributed by atoms with Crippen LogP contribution in [-0.4, -0.2) is 9.13 Å². The minimum absolute atomic E-state index is 0.0189. The molecule has 0 amide bonds. The maximum absolute atomic E-state index is 15.5. The number of nitriles is 1. The average molecular weight is 826 g/mol. The highest BCUT2D eigenvalue weighted by molar-refractivity contribution is 6.13. The molecule has 0 saturated carbocycles. The van der Waals surface area contributed by atoms with E-state index in [1.165, 1.54) is 12.1 Å². The Morgan fingerprint density at radius 1 is 0.403 bits per heavy atom. The number of aromatic nitrogens is 2. The third-order valence-corrected chi connectivity index (χ3v) is 11.7. The Morgan fingerprint density at radius 3 is 1.23 bits per heavy atom. The third-order valence-electron chi connectivity index (χ3n) is 11.7. The van der Waals surface area contributed by atoms with Gasteiger partial charge in [0.15, 0.2) is 0 Å². The van der Waals surface area contributed by atoms with Gasteiger partial charge in [0.2, 0.25) is 0 Å². The zero-order valence-electron chi connectivity index (χ0n) is 33.2. The molecule has 0 bridgehead atoms. The van der Waals surface area contributed by atoms with Crippen molar-refractivity contribution in [2.45, 2.75) is 26.2 Å². The number of para-hydroxylation sites is 2. The largest absolute Gasteiger partial charge is 0.417 e. The van der Waals surface area contributed by atoms with Crippen LogP contribution in [0.15, 0.2) is 164 Å². The van der Waals surface area contributed by atoms with Crippen LogP contribution in [0.4, 0.5) is 26.3 Å². The van der Waals surface area contributed by atoms with Crippen LogP contribution in [0, 0.1) is 25.2 Å². The van der Waals surface area contributed by atoms with Crippen molar-refractivity contribution in [3.63, 3.8) is 0 Å². The number of aryl methyl sites for hydroxylation is 2. The van der Waals surface area contributed by atoms with Crippen LogP contribution in [0.1, 0.15) is 27.8 Å². The molecule has 0 N–H and O–H groups in total. The van der Waals surface area contributed by atoms with Gasteiger partial charge in [-0.3, -0.25) is 0 Å². The molecule has 0 spiro atoms. The van der Waals surface area contributed by atoms with E-state index in [0.29, 0.717) is 34.2 Å². The quantitative estimate of drug-likeness (QED) is 0.159. The molecule has 62 heavy (non-hydrogen) atoms. The minimum Gasteiger partial charge on any atom is -0.308 e. The topological polar surface area (TPSA) is 33.6 Å². The summed E-state index contributed by atoms with van der Waals surface area (Å²) in [6.45, 7) is 3.93. The molecule has 9 heteroatoms. The first-order valence-electron chi connectivity index (χ1n) is 19.9. The summed E-state index contributed by atoms with van der Waals surface area (Å²) < 4.78 is 96.5. The molecule has 3 nitrogen and oxygen atoms in total. The second-order valence-electron chi connectivity index (χ2n) is 15.6. The SMILES string of the molecule is Cc1cccc(-c2ccc3c4ccccc4n(-c4cc(C#N)cc(-n5c6ccccc6c6ccc(-c7cccc(C)c7)cc65)c4-c4c(C(F)(F)F)cccc4C(F)(F)F)c3c2)c1. The summed E-state index contributed by atoms with van der Waals surface area (Å²) in [6.07, 6.45) is -10.4. The first-order valence-corrected chi connectivity index (χ1v) is 19.9. The second kappa shape index (κ2) is 14.3. The minimum atomic E-state index is -5.21. The lowest BCUT2D eigenvalue weighted by Crippen LogP contribution is -2.16. The van der Waals surface area contributed by atoms with E-state index in [2.05, 4.69) is 6.07 Å². The number of benzene rings is 8. The molecule has 2 heterocycles. The third kappa shape index (κ3) is 6.29. The van der Waals surface area contributed by atoms with Crippen molar-refractivity contribution in [3.05, 3.63) is 192 Å². The van der Waals surface area contributed by atoms with Gasteiger partial charge in [0.05, 0.1) is 56.2 Å². The van der Waals surface area contributed by atoms with Gasteiger partial charge in [-0.05, 0) is 84.6 Å². The summed E-state index contributed by atoms with van der Waals surface area (Å²) in [5.74, 6) is 0. The molecule has 0 fully saturated rings. The van der Waals surface area contributed by atoms with Crippen LogP contribution >= 0.6 is 0 Å². The number of alkyl halides is 6. The van der Waals surface area contributed by atoms with Crippen molar-refractivity contribution >= 4 is 43.6 Å². The van der Waals surface area contributed by atoms with Crippen LogP contribution in [0.25, 0.3) is 88.4 Å². The molecular weight excluding hydrogens is 793 g/mol. The number of hydrogen-bond acceptors (Lipinski definition) is 1. The van der Waals surface area contributed by atoms with Gasteiger partial charge < -0.3 is 9.13 Å². The number of rotatable bonds is 5. The van der Waals surface area contributed by atoms with E-state index in [4.69, 9.17) is 0 Å². The van der Waals surface area contributed by atoms with Crippen LogP contribution in [-0.2, 0) is 12.4 Å². The lowest BCUT2D eigenvalue weighted by atomic mass is 9.89. The summed E-state index contributed by atoms with van der Waals surface area (Å²) >= 11 is 0. The van der Waals surface area contributed by atoms with Crippen molar-refractivity contribution in [3.8, 4) is 50.8 Å². The molecule has 2 aromatic heterocycles. The van der Waals surface area contributed by atoms with E-state index < -0.39 is 29.0 Å². The van der Waals surface area contributed by atoms with Crippen LogP contribution in [0.5, 0.6) is 0 Å². The molecule has 10 rings (SSSR count). The van der Waals surface area contributed by atoms with Gasteiger partial charge in [0.25, 0.3) is 0 Å². The van der Waals surface area contributed by atoms with E-state index in [1.807, 2.05) is 123 Å².